The van der Waals surface area contributed by atoms with Crippen molar-refractivity contribution in [2.45, 2.75) is 52.2 Å². The van der Waals surface area contributed by atoms with E-state index in [2.05, 4.69) is 19.2 Å². The van der Waals surface area contributed by atoms with Crippen molar-refractivity contribution >= 4 is 17.4 Å². The molecule has 4 nitrogen and oxygen atoms in total. The van der Waals surface area contributed by atoms with Crippen LogP contribution in [-0.4, -0.2) is 16.4 Å². The Morgan fingerprint density at radius 2 is 1.89 bits per heavy atom. The van der Waals surface area contributed by atoms with Crippen LogP contribution in [0.1, 0.15) is 68.1 Å². The van der Waals surface area contributed by atoms with Crippen molar-refractivity contribution in [3.63, 3.8) is 0 Å². The van der Waals surface area contributed by atoms with Crippen LogP contribution < -0.4 is 10.1 Å². The number of benzene rings is 2. The first-order valence-electron chi connectivity index (χ1n) is 9.38. The predicted molar refractivity (Wildman–Crippen MR) is 112 cm³/mol. The van der Waals surface area contributed by atoms with Crippen LogP contribution in [0.4, 0.5) is 0 Å². The molecule has 2 aromatic rings. The van der Waals surface area contributed by atoms with Crippen molar-refractivity contribution in [1.29, 1.82) is 0 Å². The average molecular weight is 400 g/mol. The maximum Gasteiger partial charge on any atom is 0.198 e. The van der Waals surface area contributed by atoms with Crippen LogP contribution >= 0.6 is 11.6 Å². The van der Waals surface area contributed by atoms with Gasteiger partial charge in [0.2, 0.25) is 0 Å². The van der Waals surface area contributed by atoms with Gasteiger partial charge in [-0.05, 0) is 62.6 Å². The highest BCUT2D eigenvalue weighted by atomic mass is 35.5. The number of carbonyl (C=O) groups is 1. The van der Waals surface area contributed by atoms with Crippen LogP contribution in [0.25, 0.3) is 0 Å². The van der Waals surface area contributed by atoms with Gasteiger partial charge in [-0.15, -0.1) is 0 Å². The summed E-state index contributed by atoms with van der Waals surface area (Å²) in [6, 6.07) is 10.4. The van der Waals surface area contributed by atoms with Crippen molar-refractivity contribution in [3.8, 4) is 11.5 Å². The van der Waals surface area contributed by atoms with Gasteiger partial charge in [-0.3, -0.25) is 4.79 Å². The zero-order chi connectivity index (χ0) is 20.6. The predicted octanol–water partition coefficient (Wildman–Crippen LogP) is 5.76. The van der Waals surface area contributed by atoms with Gasteiger partial charge in [0.15, 0.2) is 11.9 Å². The topological polar surface area (TPSA) is 58.6 Å². The summed E-state index contributed by atoms with van der Waals surface area (Å²) in [4.78, 5) is 13.4. The quantitative estimate of drug-likeness (QED) is 0.644. The van der Waals surface area contributed by atoms with E-state index in [1.807, 2.05) is 39.0 Å². The standard InChI is InChI=1S/C23H26ClNO3/c1-13(2)14-6-9-20-17(10-14)21(27)18(12-25-23(3,4)5)22(28-20)16-11-15(24)7-8-19(16)26/h6-13,22,25-26H,1-5H3/b18-12+. The smallest absolute Gasteiger partial charge is 0.198 e. The summed E-state index contributed by atoms with van der Waals surface area (Å²) in [5.41, 5.74) is 2.27. The van der Waals surface area contributed by atoms with E-state index in [1.54, 1.807) is 18.3 Å². The summed E-state index contributed by atoms with van der Waals surface area (Å²) in [5, 5.41) is 14.1. The number of halogens is 1. The average Bonchev–Trinajstić information content (AvgIpc) is 2.61. The first-order valence-corrected chi connectivity index (χ1v) is 9.76. The molecular weight excluding hydrogens is 374 g/mol. The van der Waals surface area contributed by atoms with Gasteiger partial charge >= 0.3 is 0 Å². The normalized spacial score (nSPS) is 18.2. The molecule has 0 aromatic heterocycles. The lowest BCUT2D eigenvalue weighted by atomic mass is 9.89. The lowest BCUT2D eigenvalue weighted by molar-refractivity contribution is 0.0958. The Bertz CT molecular complexity index is 941. The third-order valence-corrected chi connectivity index (χ3v) is 4.87. The molecule has 1 atom stereocenters. The Balaban J connectivity index is 2.14. The van der Waals surface area contributed by atoms with Gasteiger partial charge < -0.3 is 15.2 Å². The lowest BCUT2D eigenvalue weighted by Crippen LogP contribution is -2.34. The summed E-state index contributed by atoms with van der Waals surface area (Å²) in [6.45, 7) is 10.2. The molecule has 0 saturated carbocycles. The third-order valence-electron chi connectivity index (χ3n) is 4.64. The van der Waals surface area contributed by atoms with Crippen LogP contribution in [0.15, 0.2) is 48.2 Å². The highest BCUT2D eigenvalue weighted by Gasteiger charge is 2.35. The second-order valence-corrected chi connectivity index (χ2v) is 8.87. The molecule has 1 heterocycles. The molecular formula is C23H26ClNO3. The number of phenolic OH excluding ortho intramolecular Hbond substituents is 1. The SMILES string of the molecule is CC(C)c1ccc2c(c1)C(=O)/C(=C\NC(C)(C)C)C(c1cc(Cl)ccc1O)O2. The molecule has 2 N–H and O–H groups in total. The van der Waals surface area contributed by atoms with E-state index in [0.717, 1.165) is 5.56 Å². The highest BCUT2D eigenvalue weighted by Crippen LogP contribution is 2.42. The number of hydrogen-bond acceptors (Lipinski definition) is 4. The first-order chi connectivity index (χ1) is 13.1. The summed E-state index contributed by atoms with van der Waals surface area (Å²) in [7, 11) is 0. The van der Waals surface area contributed by atoms with Gasteiger partial charge in [-0.2, -0.15) is 0 Å². The van der Waals surface area contributed by atoms with Gasteiger partial charge in [0.1, 0.15) is 11.5 Å². The molecule has 5 heteroatoms. The number of ketones is 1. The van der Waals surface area contributed by atoms with E-state index >= 15 is 0 Å². The number of ether oxygens (including phenoxy) is 1. The van der Waals surface area contributed by atoms with Gasteiger partial charge in [-0.1, -0.05) is 31.5 Å². The molecule has 1 aliphatic heterocycles. The van der Waals surface area contributed by atoms with Crippen molar-refractivity contribution in [3.05, 3.63) is 69.9 Å². The van der Waals surface area contributed by atoms with Crippen molar-refractivity contribution in [2.24, 2.45) is 0 Å². The molecule has 2 aromatic carbocycles. The second kappa shape index (κ2) is 7.51. The van der Waals surface area contributed by atoms with E-state index in [-0.39, 0.29) is 17.1 Å². The minimum absolute atomic E-state index is 0.0334. The van der Waals surface area contributed by atoms with Crippen LogP contribution in [-0.2, 0) is 0 Å². The zero-order valence-electron chi connectivity index (χ0n) is 16.8. The highest BCUT2D eigenvalue weighted by molar-refractivity contribution is 6.30. The van der Waals surface area contributed by atoms with Crippen molar-refractivity contribution < 1.29 is 14.6 Å². The molecule has 148 valence electrons. The van der Waals surface area contributed by atoms with E-state index in [9.17, 15) is 9.90 Å². The first kappa shape index (κ1) is 20.3. The molecule has 0 aliphatic carbocycles. The summed E-state index contributed by atoms with van der Waals surface area (Å²) in [6.07, 6.45) is 0.941. The molecule has 0 radical (unpaired) electrons. The Morgan fingerprint density at radius 3 is 2.54 bits per heavy atom. The number of aromatic hydroxyl groups is 1. The molecule has 1 aliphatic rings. The summed E-state index contributed by atoms with van der Waals surface area (Å²) < 4.78 is 6.19. The lowest BCUT2D eigenvalue weighted by Gasteiger charge is -2.30. The van der Waals surface area contributed by atoms with E-state index < -0.39 is 6.10 Å². The number of carbonyl (C=O) groups excluding carboxylic acids is 1. The Kier molecular flexibility index (Phi) is 5.44. The molecule has 0 fully saturated rings. The van der Waals surface area contributed by atoms with Gasteiger partial charge in [-0.25, -0.2) is 0 Å². The molecule has 0 saturated heterocycles. The van der Waals surface area contributed by atoms with Crippen LogP contribution in [0.5, 0.6) is 11.5 Å². The number of rotatable bonds is 3. The van der Waals surface area contributed by atoms with Gasteiger partial charge in [0, 0.05) is 22.3 Å². The molecule has 3 rings (SSSR count). The molecule has 1 unspecified atom stereocenters. The largest absolute Gasteiger partial charge is 0.508 e. The maximum atomic E-state index is 13.4. The fraction of sp³-hybridized carbons (Fsp3) is 0.348. The summed E-state index contributed by atoms with van der Waals surface area (Å²) in [5.74, 6) is 0.718. The Morgan fingerprint density at radius 1 is 1.18 bits per heavy atom. The zero-order valence-corrected chi connectivity index (χ0v) is 17.6. The molecule has 0 amide bonds. The second-order valence-electron chi connectivity index (χ2n) is 8.43. The molecule has 0 bridgehead atoms. The third kappa shape index (κ3) is 4.17. The van der Waals surface area contributed by atoms with Crippen LogP contribution in [0, 0.1) is 0 Å². The summed E-state index contributed by atoms with van der Waals surface area (Å²) >= 11 is 6.14. The Hall–Kier alpha value is -2.46. The van der Waals surface area contributed by atoms with Crippen molar-refractivity contribution in [2.75, 3.05) is 0 Å². The fourth-order valence-electron chi connectivity index (χ4n) is 3.05. The van der Waals surface area contributed by atoms with Gasteiger partial charge in [0.05, 0.1) is 11.1 Å². The molecule has 28 heavy (non-hydrogen) atoms. The number of phenols is 1. The number of nitrogens with one attached hydrogen (secondary N) is 1. The minimum Gasteiger partial charge on any atom is -0.508 e. The fourth-order valence-corrected chi connectivity index (χ4v) is 3.23. The number of Topliss-reactive ketones (excluding diaryl/α,β-unsaturated/α-hetero) is 1. The maximum absolute atomic E-state index is 13.4. The van der Waals surface area contributed by atoms with Gasteiger partial charge in [0.25, 0.3) is 0 Å². The molecule has 0 spiro atoms. The Labute approximate surface area is 171 Å². The van der Waals surface area contributed by atoms with E-state index in [1.165, 1.54) is 6.07 Å². The monoisotopic (exact) mass is 399 g/mol. The minimum atomic E-state index is -0.751. The van der Waals surface area contributed by atoms with Crippen LogP contribution in [0.2, 0.25) is 5.02 Å². The van der Waals surface area contributed by atoms with E-state index in [0.29, 0.717) is 33.4 Å². The van der Waals surface area contributed by atoms with Crippen molar-refractivity contribution in [1.82, 2.24) is 5.32 Å². The number of fused-ring (bicyclic) bond motifs is 1. The number of hydrogen-bond donors (Lipinski definition) is 2. The van der Waals surface area contributed by atoms with Crippen LogP contribution in [0.3, 0.4) is 0 Å². The van der Waals surface area contributed by atoms with E-state index in [4.69, 9.17) is 16.3 Å².